The minimum atomic E-state index is 0.0786. The highest BCUT2D eigenvalue weighted by molar-refractivity contribution is 5.76. The zero-order valence-corrected chi connectivity index (χ0v) is 12.4. The summed E-state index contributed by atoms with van der Waals surface area (Å²) >= 11 is 0. The molecule has 2 fully saturated rings. The minimum Gasteiger partial charge on any atom is -0.374 e. The van der Waals surface area contributed by atoms with E-state index < -0.39 is 0 Å². The van der Waals surface area contributed by atoms with Gasteiger partial charge < -0.3 is 9.64 Å². The van der Waals surface area contributed by atoms with Gasteiger partial charge in [0.1, 0.15) is 0 Å². The molecular weight excluding hydrogens is 266 g/mol. The lowest BCUT2D eigenvalue weighted by Crippen LogP contribution is -2.37. The van der Waals surface area contributed by atoms with Gasteiger partial charge in [0.15, 0.2) is 0 Å². The first-order valence-corrected chi connectivity index (χ1v) is 8.18. The molecule has 2 aliphatic carbocycles. The maximum atomic E-state index is 12.5. The quantitative estimate of drug-likeness (QED) is 0.830. The van der Waals surface area contributed by atoms with Crippen molar-refractivity contribution in [3.05, 3.63) is 18.0 Å². The monoisotopic (exact) mass is 289 g/mol. The Labute approximate surface area is 125 Å². The maximum Gasteiger partial charge on any atom is 0.223 e. The average molecular weight is 289 g/mol. The summed E-state index contributed by atoms with van der Waals surface area (Å²) in [6, 6.07) is 2.01. The number of hydrogen-bond acceptors (Lipinski definition) is 3. The van der Waals surface area contributed by atoms with Crippen LogP contribution in [0.3, 0.4) is 0 Å². The number of hydrogen-bond donors (Lipinski definition) is 0. The van der Waals surface area contributed by atoms with E-state index in [0.717, 1.165) is 24.8 Å². The molecule has 21 heavy (non-hydrogen) atoms. The van der Waals surface area contributed by atoms with Crippen molar-refractivity contribution in [3.8, 4) is 0 Å². The van der Waals surface area contributed by atoms with Crippen molar-refractivity contribution in [2.75, 3.05) is 13.2 Å². The van der Waals surface area contributed by atoms with Crippen LogP contribution in [-0.2, 0) is 22.6 Å². The lowest BCUT2D eigenvalue weighted by molar-refractivity contribution is -0.134. The maximum absolute atomic E-state index is 12.5. The third-order valence-electron chi connectivity index (χ3n) is 4.74. The van der Waals surface area contributed by atoms with Gasteiger partial charge in [0.2, 0.25) is 5.91 Å². The smallest absolute Gasteiger partial charge is 0.223 e. The zero-order valence-electron chi connectivity index (χ0n) is 12.4. The molecule has 0 saturated heterocycles. The predicted octanol–water partition coefficient (Wildman–Crippen LogP) is 1.82. The third-order valence-corrected chi connectivity index (χ3v) is 4.74. The Morgan fingerprint density at radius 3 is 2.81 bits per heavy atom. The number of carbonyl (C=O) groups is 1. The molecule has 1 aliphatic heterocycles. The van der Waals surface area contributed by atoms with Crippen molar-refractivity contribution >= 4 is 5.91 Å². The second-order valence-corrected chi connectivity index (χ2v) is 6.83. The molecule has 5 heteroatoms. The summed E-state index contributed by atoms with van der Waals surface area (Å²) < 4.78 is 8.06. The molecule has 1 aromatic rings. The van der Waals surface area contributed by atoms with E-state index in [-0.39, 0.29) is 12.0 Å². The van der Waals surface area contributed by atoms with E-state index in [9.17, 15) is 4.79 Å². The van der Waals surface area contributed by atoms with E-state index in [1.165, 1.54) is 25.7 Å². The van der Waals surface area contributed by atoms with E-state index in [1.807, 2.05) is 21.8 Å². The summed E-state index contributed by atoms with van der Waals surface area (Å²) in [5.41, 5.74) is 1.12. The van der Waals surface area contributed by atoms with Gasteiger partial charge in [-0.2, -0.15) is 5.10 Å². The Bertz CT molecular complexity index is 519. The van der Waals surface area contributed by atoms with Crippen molar-refractivity contribution in [2.24, 2.45) is 11.8 Å². The van der Waals surface area contributed by atoms with Crippen LogP contribution in [0.15, 0.2) is 12.3 Å². The minimum absolute atomic E-state index is 0.0786. The van der Waals surface area contributed by atoms with E-state index >= 15 is 0 Å². The van der Waals surface area contributed by atoms with Crippen LogP contribution in [0.2, 0.25) is 0 Å². The van der Waals surface area contributed by atoms with E-state index in [0.29, 0.717) is 25.4 Å². The number of nitrogens with zero attached hydrogens (tertiary/aromatic N) is 3. The third kappa shape index (κ3) is 3.28. The van der Waals surface area contributed by atoms with Crippen molar-refractivity contribution in [2.45, 2.75) is 51.3 Å². The lowest BCUT2D eigenvalue weighted by Gasteiger charge is -2.24. The summed E-state index contributed by atoms with van der Waals surface area (Å²) in [5, 5.41) is 4.38. The highest BCUT2D eigenvalue weighted by Crippen LogP contribution is 2.33. The Morgan fingerprint density at radius 2 is 2.05 bits per heavy atom. The van der Waals surface area contributed by atoms with Crippen molar-refractivity contribution in [3.63, 3.8) is 0 Å². The van der Waals surface area contributed by atoms with Crippen LogP contribution in [-0.4, -0.2) is 39.8 Å². The molecule has 5 nitrogen and oxygen atoms in total. The molecule has 1 aromatic heterocycles. The topological polar surface area (TPSA) is 47.4 Å². The largest absolute Gasteiger partial charge is 0.374 e. The molecule has 0 unspecified atom stereocenters. The van der Waals surface area contributed by atoms with Crippen LogP contribution in [0.25, 0.3) is 0 Å². The molecule has 0 aromatic carbocycles. The van der Waals surface area contributed by atoms with Gasteiger partial charge in [-0.25, -0.2) is 0 Å². The molecular formula is C16H23N3O2. The van der Waals surface area contributed by atoms with Crippen molar-refractivity contribution in [1.29, 1.82) is 0 Å². The van der Waals surface area contributed by atoms with E-state index in [1.54, 1.807) is 0 Å². The molecule has 114 valence electrons. The molecule has 1 atom stereocenters. The van der Waals surface area contributed by atoms with E-state index in [2.05, 4.69) is 5.10 Å². The SMILES string of the molecule is O=C(CC1CC1)N1Cc2ccnn2C[C@@H](OCC2CC2)C1. The Kier molecular flexibility index (Phi) is 3.45. The standard InChI is InChI=1S/C16H23N3O2/c20-16(7-12-1-2-12)18-8-14-5-6-17-19(14)10-15(9-18)21-11-13-3-4-13/h5-6,12-13,15H,1-4,7-11H2/t15-/m0/s1. The highest BCUT2D eigenvalue weighted by Gasteiger charge is 2.31. The van der Waals surface area contributed by atoms with Crippen molar-refractivity contribution < 1.29 is 9.53 Å². The van der Waals surface area contributed by atoms with Gasteiger partial charge in [-0.3, -0.25) is 9.48 Å². The fraction of sp³-hybridized carbons (Fsp3) is 0.750. The molecule has 4 rings (SSSR count). The Morgan fingerprint density at radius 1 is 1.24 bits per heavy atom. The van der Waals surface area contributed by atoms with Gasteiger partial charge >= 0.3 is 0 Å². The number of ether oxygens (including phenoxy) is 1. The summed E-state index contributed by atoms with van der Waals surface area (Å²) in [7, 11) is 0. The Balaban J connectivity index is 1.45. The highest BCUT2D eigenvalue weighted by atomic mass is 16.5. The van der Waals surface area contributed by atoms with Crippen LogP contribution in [0, 0.1) is 11.8 Å². The summed E-state index contributed by atoms with van der Waals surface area (Å²) in [6.45, 7) is 2.99. The van der Waals surface area contributed by atoms with Gasteiger partial charge in [-0.1, -0.05) is 0 Å². The fourth-order valence-electron chi connectivity index (χ4n) is 2.97. The average Bonchev–Trinajstić information content (AvgIpc) is 3.37. The summed E-state index contributed by atoms with van der Waals surface area (Å²) in [5.74, 6) is 1.67. The second-order valence-electron chi connectivity index (χ2n) is 6.83. The normalized spacial score (nSPS) is 25.5. The molecule has 0 bridgehead atoms. The first-order valence-electron chi connectivity index (χ1n) is 8.18. The Hall–Kier alpha value is -1.36. The number of rotatable bonds is 5. The van der Waals surface area contributed by atoms with Crippen LogP contribution >= 0.6 is 0 Å². The second kappa shape index (κ2) is 5.44. The number of carbonyl (C=O) groups excluding carboxylic acids is 1. The van der Waals surface area contributed by atoms with Crippen LogP contribution in [0.5, 0.6) is 0 Å². The zero-order chi connectivity index (χ0) is 14.2. The van der Waals surface area contributed by atoms with Crippen LogP contribution in [0.4, 0.5) is 0 Å². The summed E-state index contributed by atoms with van der Waals surface area (Å²) in [4.78, 5) is 14.5. The van der Waals surface area contributed by atoms with Gasteiger partial charge in [-0.05, 0) is 43.6 Å². The van der Waals surface area contributed by atoms with Gasteiger partial charge in [-0.15, -0.1) is 0 Å². The molecule has 0 N–H and O–H groups in total. The summed E-state index contributed by atoms with van der Waals surface area (Å²) in [6.07, 6.45) is 7.65. The molecule has 0 radical (unpaired) electrons. The van der Waals surface area contributed by atoms with Gasteiger partial charge in [0.05, 0.1) is 24.9 Å². The number of amides is 1. The van der Waals surface area contributed by atoms with Crippen molar-refractivity contribution in [1.82, 2.24) is 14.7 Å². The lowest BCUT2D eigenvalue weighted by atomic mass is 10.2. The fourth-order valence-corrected chi connectivity index (χ4v) is 2.97. The van der Waals surface area contributed by atoms with Gasteiger partial charge in [0.25, 0.3) is 0 Å². The first kappa shape index (κ1) is 13.3. The molecule has 2 saturated carbocycles. The first-order chi connectivity index (χ1) is 10.3. The molecule has 0 spiro atoms. The molecule has 3 aliphatic rings. The van der Waals surface area contributed by atoms with Gasteiger partial charge in [0, 0.05) is 25.8 Å². The van der Waals surface area contributed by atoms with E-state index in [4.69, 9.17) is 4.74 Å². The molecule has 2 heterocycles. The number of fused-ring (bicyclic) bond motifs is 1. The number of aromatic nitrogens is 2. The van der Waals surface area contributed by atoms with Crippen LogP contribution < -0.4 is 0 Å². The van der Waals surface area contributed by atoms with Crippen LogP contribution in [0.1, 0.15) is 37.8 Å². The molecule has 1 amide bonds. The predicted molar refractivity (Wildman–Crippen MR) is 77.4 cm³/mol.